The zero-order valence-electron chi connectivity index (χ0n) is 16.7. The van der Waals surface area contributed by atoms with E-state index < -0.39 is 6.04 Å². The van der Waals surface area contributed by atoms with Crippen molar-refractivity contribution in [1.82, 2.24) is 15.1 Å². The second-order valence-corrected chi connectivity index (χ2v) is 6.70. The van der Waals surface area contributed by atoms with Gasteiger partial charge in [-0.2, -0.15) is 5.10 Å². The molecule has 1 N–H and O–H groups in total. The molecule has 0 unspecified atom stereocenters. The predicted molar refractivity (Wildman–Crippen MR) is 105 cm³/mol. The molecule has 150 valence electrons. The van der Waals surface area contributed by atoms with Gasteiger partial charge in [-0.25, -0.2) is 4.68 Å². The summed E-state index contributed by atoms with van der Waals surface area (Å²) in [5.41, 5.74) is 1.66. The van der Waals surface area contributed by atoms with Crippen molar-refractivity contribution in [2.75, 3.05) is 19.1 Å². The fraction of sp³-hybridized carbons (Fsp3) is 0.450. The lowest BCUT2D eigenvalue weighted by Crippen LogP contribution is -2.52. The average Bonchev–Trinajstić information content (AvgIpc) is 3.08. The molecule has 2 aromatic rings. The van der Waals surface area contributed by atoms with E-state index in [-0.39, 0.29) is 11.8 Å². The van der Waals surface area contributed by atoms with Crippen LogP contribution in [0, 0.1) is 6.92 Å². The third kappa shape index (κ3) is 3.81. The Bertz CT molecular complexity index is 877. The molecule has 0 spiro atoms. The maximum absolute atomic E-state index is 12.9. The zero-order valence-corrected chi connectivity index (χ0v) is 16.7. The van der Waals surface area contributed by atoms with E-state index in [2.05, 4.69) is 10.4 Å². The number of hydrogen-bond acceptors (Lipinski definition) is 5. The van der Waals surface area contributed by atoms with Crippen LogP contribution in [0.4, 0.5) is 5.82 Å². The van der Waals surface area contributed by atoms with Crippen molar-refractivity contribution in [1.29, 1.82) is 0 Å². The van der Waals surface area contributed by atoms with Crippen molar-refractivity contribution in [2.24, 2.45) is 0 Å². The fourth-order valence-electron chi connectivity index (χ4n) is 3.46. The number of aromatic nitrogens is 2. The van der Waals surface area contributed by atoms with E-state index in [1.54, 1.807) is 29.9 Å². The number of hydrogen-bond donors (Lipinski definition) is 1. The Hall–Kier alpha value is -3.03. The van der Waals surface area contributed by atoms with Crippen LogP contribution in [0.15, 0.2) is 24.3 Å². The molecule has 0 aliphatic carbocycles. The second-order valence-electron chi connectivity index (χ2n) is 6.70. The van der Waals surface area contributed by atoms with E-state index in [1.807, 2.05) is 32.0 Å². The number of aryl methyl sites for hydroxylation is 2. The number of carbonyl (C=O) groups excluding carboxylic acids is 2. The summed E-state index contributed by atoms with van der Waals surface area (Å²) in [5, 5.41) is 7.34. The number of amides is 2. The van der Waals surface area contributed by atoms with Gasteiger partial charge in [-0.1, -0.05) is 6.92 Å². The molecule has 1 aromatic carbocycles. The summed E-state index contributed by atoms with van der Waals surface area (Å²) < 4.78 is 12.4. The number of ether oxygens (including phenoxy) is 2. The molecule has 1 aromatic heterocycles. The highest BCUT2D eigenvalue weighted by atomic mass is 16.5. The summed E-state index contributed by atoms with van der Waals surface area (Å²) in [6.07, 6.45) is 0.839. The van der Waals surface area contributed by atoms with E-state index in [0.29, 0.717) is 43.2 Å². The lowest BCUT2D eigenvalue weighted by Gasteiger charge is -2.33. The molecule has 0 fully saturated rings. The Labute approximate surface area is 164 Å². The average molecular weight is 386 g/mol. The van der Waals surface area contributed by atoms with Crippen LogP contribution in [0.1, 0.15) is 31.0 Å². The number of nitrogens with zero attached hydrogens (tertiary/aromatic N) is 3. The fourth-order valence-corrected chi connectivity index (χ4v) is 3.46. The van der Waals surface area contributed by atoms with E-state index in [0.717, 1.165) is 11.3 Å². The SMILES string of the molecule is CC[C@@H](C(=O)NCc1ccc(OC)cc1OC)N1C(=O)CCn2nc(C)cc21. The molecule has 0 bridgehead atoms. The Morgan fingerprint density at radius 1 is 1.29 bits per heavy atom. The highest BCUT2D eigenvalue weighted by Crippen LogP contribution is 2.27. The molecule has 0 radical (unpaired) electrons. The van der Waals surface area contributed by atoms with Crippen molar-refractivity contribution in [2.45, 2.75) is 45.8 Å². The third-order valence-electron chi connectivity index (χ3n) is 4.88. The van der Waals surface area contributed by atoms with Gasteiger partial charge in [-0.15, -0.1) is 0 Å². The predicted octanol–water partition coefficient (Wildman–Crippen LogP) is 2.04. The summed E-state index contributed by atoms with van der Waals surface area (Å²) in [5.74, 6) is 1.73. The van der Waals surface area contributed by atoms with Gasteiger partial charge < -0.3 is 14.8 Å². The molecule has 0 saturated heterocycles. The Morgan fingerprint density at radius 2 is 2.07 bits per heavy atom. The van der Waals surface area contributed by atoms with Crippen molar-refractivity contribution < 1.29 is 19.1 Å². The van der Waals surface area contributed by atoms with Gasteiger partial charge in [0.1, 0.15) is 23.4 Å². The van der Waals surface area contributed by atoms with Crippen LogP contribution in [0.5, 0.6) is 11.5 Å². The van der Waals surface area contributed by atoms with E-state index >= 15 is 0 Å². The third-order valence-corrected chi connectivity index (χ3v) is 4.88. The minimum Gasteiger partial charge on any atom is -0.497 e. The highest BCUT2D eigenvalue weighted by Gasteiger charge is 2.34. The van der Waals surface area contributed by atoms with Gasteiger partial charge in [-0.3, -0.25) is 14.5 Å². The van der Waals surface area contributed by atoms with Gasteiger partial charge in [0.25, 0.3) is 0 Å². The van der Waals surface area contributed by atoms with Crippen LogP contribution in [-0.4, -0.2) is 41.9 Å². The number of benzene rings is 1. The Kier molecular flexibility index (Phi) is 5.87. The summed E-state index contributed by atoms with van der Waals surface area (Å²) in [4.78, 5) is 27.1. The summed E-state index contributed by atoms with van der Waals surface area (Å²) in [6, 6.07) is 6.69. The minimum absolute atomic E-state index is 0.0589. The molecular formula is C20H26N4O4. The van der Waals surface area contributed by atoms with Gasteiger partial charge in [0.2, 0.25) is 11.8 Å². The highest BCUT2D eigenvalue weighted by molar-refractivity contribution is 6.01. The van der Waals surface area contributed by atoms with Gasteiger partial charge in [-0.05, 0) is 25.5 Å². The van der Waals surface area contributed by atoms with Gasteiger partial charge in [0.15, 0.2) is 0 Å². The second kappa shape index (κ2) is 8.33. The lowest BCUT2D eigenvalue weighted by molar-refractivity contribution is -0.127. The van der Waals surface area contributed by atoms with Crippen LogP contribution < -0.4 is 19.7 Å². The van der Waals surface area contributed by atoms with Crippen LogP contribution in [-0.2, 0) is 22.7 Å². The molecule has 8 nitrogen and oxygen atoms in total. The normalized spacial score (nSPS) is 14.4. The first kappa shape index (κ1) is 19.7. The maximum atomic E-state index is 12.9. The lowest BCUT2D eigenvalue weighted by atomic mass is 10.1. The number of rotatable bonds is 7. The molecule has 0 saturated carbocycles. The first-order valence-electron chi connectivity index (χ1n) is 9.33. The summed E-state index contributed by atoms with van der Waals surface area (Å²) in [6.45, 7) is 4.61. The molecule has 1 aliphatic heterocycles. The Balaban J connectivity index is 1.77. The molecule has 3 rings (SSSR count). The van der Waals surface area contributed by atoms with Crippen LogP contribution in [0.3, 0.4) is 0 Å². The number of fused-ring (bicyclic) bond motifs is 1. The van der Waals surface area contributed by atoms with Gasteiger partial charge in [0.05, 0.1) is 26.5 Å². The van der Waals surface area contributed by atoms with E-state index in [4.69, 9.17) is 9.47 Å². The number of methoxy groups -OCH3 is 2. The first-order chi connectivity index (χ1) is 13.5. The quantitative estimate of drug-likeness (QED) is 0.787. The maximum Gasteiger partial charge on any atom is 0.243 e. The minimum atomic E-state index is -0.591. The van der Waals surface area contributed by atoms with E-state index in [1.165, 1.54) is 0 Å². The van der Waals surface area contributed by atoms with Crippen LogP contribution in [0.2, 0.25) is 0 Å². The van der Waals surface area contributed by atoms with Crippen LogP contribution >= 0.6 is 0 Å². The monoisotopic (exact) mass is 386 g/mol. The number of carbonyl (C=O) groups is 2. The molecule has 8 heteroatoms. The van der Waals surface area contributed by atoms with Crippen molar-refractivity contribution in [3.63, 3.8) is 0 Å². The van der Waals surface area contributed by atoms with Crippen LogP contribution in [0.25, 0.3) is 0 Å². The van der Waals surface area contributed by atoms with E-state index in [9.17, 15) is 9.59 Å². The molecule has 2 amide bonds. The van der Waals surface area contributed by atoms with Crippen molar-refractivity contribution >= 4 is 17.6 Å². The number of anilines is 1. The number of nitrogens with one attached hydrogen (secondary N) is 1. The first-order valence-corrected chi connectivity index (χ1v) is 9.33. The largest absolute Gasteiger partial charge is 0.497 e. The smallest absolute Gasteiger partial charge is 0.243 e. The molecule has 1 atom stereocenters. The summed E-state index contributed by atoms with van der Waals surface area (Å²) >= 11 is 0. The molecule has 1 aliphatic rings. The molecular weight excluding hydrogens is 360 g/mol. The van der Waals surface area contributed by atoms with Gasteiger partial charge in [0, 0.05) is 30.7 Å². The molecule has 2 heterocycles. The standard InChI is InChI=1S/C20H26N4O4/c1-5-16(24-18-10-13(2)22-23(18)9-8-19(24)25)20(26)21-12-14-6-7-15(27-3)11-17(14)28-4/h6-7,10-11,16H,5,8-9,12H2,1-4H3,(H,21,26)/t16-/m0/s1. The van der Waals surface area contributed by atoms with Crippen molar-refractivity contribution in [3.8, 4) is 11.5 Å². The zero-order chi connectivity index (χ0) is 20.3. The van der Waals surface area contributed by atoms with Gasteiger partial charge >= 0.3 is 0 Å². The Morgan fingerprint density at radius 3 is 2.75 bits per heavy atom. The summed E-state index contributed by atoms with van der Waals surface area (Å²) in [7, 11) is 3.16. The van der Waals surface area contributed by atoms with Crippen molar-refractivity contribution in [3.05, 3.63) is 35.5 Å². The molecule has 28 heavy (non-hydrogen) atoms. The topological polar surface area (TPSA) is 85.7 Å².